The topological polar surface area (TPSA) is 78.9 Å². The second-order valence-electron chi connectivity index (χ2n) is 18.9. The number of hydrogen-bond acceptors (Lipinski definition) is 6. The Balaban J connectivity index is 4.34. The third-order valence-corrected chi connectivity index (χ3v) is 12.3. The Morgan fingerprint density at radius 2 is 0.576 bits per heavy atom. The molecule has 0 spiro atoms. The van der Waals surface area contributed by atoms with Gasteiger partial charge in [0.15, 0.2) is 6.10 Å². The molecule has 0 radical (unpaired) electrons. The van der Waals surface area contributed by atoms with Gasteiger partial charge in [-0.3, -0.25) is 14.4 Å². The highest BCUT2D eigenvalue weighted by molar-refractivity contribution is 5.72. The molecule has 6 nitrogen and oxygen atoms in total. The summed E-state index contributed by atoms with van der Waals surface area (Å²) >= 11 is 0. The molecular formula is C60H106O6. The molecule has 0 amide bonds. The molecule has 0 saturated carbocycles. The van der Waals surface area contributed by atoms with E-state index in [1.807, 2.05) is 6.08 Å². The van der Waals surface area contributed by atoms with Crippen LogP contribution in [0.15, 0.2) is 60.8 Å². The molecule has 0 N–H and O–H groups in total. The minimum atomic E-state index is -0.824. The fraction of sp³-hybridized carbons (Fsp3) is 0.783. The van der Waals surface area contributed by atoms with Crippen molar-refractivity contribution in [2.45, 2.75) is 290 Å². The van der Waals surface area contributed by atoms with Crippen LogP contribution in [0.4, 0.5) is 0 Å². The molecule has 0 rings (SSSR count). The van der Waals surface area contributed by atoms with Crippen LogP contribution in [0.2, 0.25) is 0 Å². The Kier molecular flexibility index (Phi) is 52.3. The van der Waals surface area contributed by atoms with Crippen molar-refractivity contribution in [2.75, 3.05) is 13.2 Å². The number of esters is 3. The second kappa shape index (κ2) is 54.7. The molecule has 6 heteroatoms. The minimum absolute atomic E-state index is 0.101. The summed E-state index contributed by atoms with van der Waals surface area (Å²) in [6.45, 7) is 6.46. The number of ether oxygens (including phenoxy) is 3. The van der Waals surface area contributed by atoms with Gasteiger partial charge in [-0.05, 0) is 44.9 Å². The number of carbonyl (C=O) groups excluding carboxylic acids is 3. The van der Waals surface area contributed by atoms with E-state index in [-0.39, 0.29) is 31.6 Å². The van der Waals surface area contributed by atoms with E-state index in [4.69, 9.17) is 14.2 Å². The first-order valence-corrected chi connectivity index (χ1v) is 28.3. The van der Waals surface area contributed by atoms with Gasteiger partial charge in [0.2, 0.25) is 0 Å². The van der Waals surface area contributed by atoms with Crippen LogP contribution >= 0.6 is 0 Å². The monoisotopic (exact) mass is 923 g/mol. The normalized spacial score (nSPS) is 12.5. The SMILES string of the molecule is CC/C=C\C/C=C\C/C=C\C/C=C\C/C=C\CC(=O)OC(COC(=O)CCCCCCCCCCCCC)COC(=O)CCCCCCCCCCCCCCCCCCCCCCCC. The molecule has 0 aliphatic heterocycles. The van der Waals surface area contributed by atoms with Crippen LogP contribution < -0.4 is 0 Å². The maximum atomic E-state index is 12.7. The molecule has 0 fully saturated rings. The van der Waals surface area contributed by atoms with Crippen LogP contribution in [0.1, 0.15) is 284 Å². The highest BCUT2D eigenvalue weighted by atomic mass is 16.6. The molecule has 0 bridgehead atoms. The van der Waals surface area contributed by atoms with E-state index in [0.29, 0.717) is 12.8 Å². The van der Waals surface area contributed by atoms with Crippen LogP contribution in [0, 0.1) is 0 Å². The van der Waals surface area contributed by atoms with Crippen molar-refractivity contribution in [1.82, 2.24) is 0 Å². The van der Waals surface area contributed by atoms with E-state index in [9.17, 15) is 14.4 Å². The van der Waals surface area contributed by atoms with Gasteiger partial charge < -0.3 is 14.2 Å². The predicted octanol–water partition coefficient (Wildman–Crippen LogP) is 18.8. The zero-order valence-corrected chi connectivity index (χ0v) is 43.7. The van der Waals surface area contributed by atoms with Crippen molar-refractivity contribution < 1.29 is 28.6 Å². The third kappa shape index (κ3) is 52.1. The standard InChI is InChI=1S/C60H106O6/c1-4-7-10-13-16-19-22-24-26-27-28-29-30-31-32-34-35-38-41-44-47-50-53-59(62)65-56-57(55-64-58(61)52-49-46-43-40-37-21-18-15-12-9-6-3)66-60(63)54-51-48-45-42-39-36-33-25-23-20-17-14-11-8-5-2/h8,11,17,20,25,33,39,42,48,51,57H,4-7,9-10,12-16,18-19,21-24,26-32,34-38,40-41,43-47,49-50,52-56H2,1-3H3/b11-8-,20-17-,33-25-,42-39-,51-48-. The number of hydrogen-bond donors (Lipinski definition) is 0. The highest BCUT2D eigenvalue weighted by Crippen LogP contribution is 2.17. The van der Waals surface area contributed by atoms with Crippen LogP contribution in [0.5, 0.6) is 0 Å². The van der Waals surface area contributed by atoms with Crippen LogP contribution in [-0.4, -0.2) is 37.2 Å². The van der Waals surface area contributed by atoms with Gasteiger partial charge in [0.25, 0.3) is 0 Å². The molecule has 0 aromatic rings. The molecular weight excluding hydrogens is 817 g/mol. The fourth-order valence-corrected chi connectivity index (χ4v) is 8.11. The summed E-state index contributed by atoms with van der Waals surface area (Å²) in [6.07, 6.45) is 68.2. The van der Waals surface area contributed by atoms with Crippen LogP contribution in [-0.2, 0) is 28.6 Å². The molecule has 0 aromatic carbocycles. The lowest BCUT2D eigenvalue weighted by atomic mass is 10.0. The Morgan fingerprint density at radius 3 is 0.864 bits per heavy atom. The summed E-state index contributed by atoms with van der Waals surface area (Å²) in [4.78, 5) is 38.0. The van der Waals surface area contributed by atoms with Gasteiger partial charge in [-0.2, -0.15) is 0 Å². The number of unbranched alkanes of at least 4 members (excludes halogenated alkanes) is 31. The van der Waals surface area contributed by atoms with Crippen LogP contribution in [0.3, 0.4) is 0 Å². The Bertz CT molecular complexity index is 1200. The maximum Gasteiger partial charge on any atom is 0.310 e. The van der Waals surface area contributed by atoms with Gasteiger partial charge in [-0.1, -0.05) is 281 Å². The molecule has 382 valence electrons. The largest absolute Gasteiger partial charge is 0.462 e. The summed E-state index contributed by atoms with van der Waals surface area (Å²) < 4.78 is 16.7. The smallest absolute Gasteiger partial charge is 0.310 e. The van der Waals surface area contributed by atoms with Crippen molar-refractivity contribution in [3.05, 3.63) is 60.8 Å². The molecule has 0 aromatic heterocycles. The number of rotatable bonds is 51. The summed E-state index contributed by atoms with van der Waals surface area (Å²) in [5, 5.41) is 0. The summed E-state index contributed by atoms with van der Waals surface area (Å²) in [7, 11) is 0. The molecule has 66 heavy (non-hydrogen) atoms. The van der Waals surface area contributed by atoms with Gasteiger partial charge >= 0.3 is 17.9 Å². The average Bonchev–Trinajstić information content (AvgIpc) is 3.31. The molecule has 1 atom stereocenters. The average molecular weight is 924 g/mol. The summed E-state index contributed by atoms with van der Waals surface area (Å²) in [6, 6.07) is 0. The Hall–Kier alpha value is -2.89. The van der Waals surface area contributed by atoms with E-state index in [0.717, 1.165) is 70.6 Å². The van der Waals surface area contributed by atoms with Gasteiger partial charge in [0.05, 0.1) is 6.42 Å². The van der Waals surface area contributed by atoms with Crippen molar-refractivity contribution in [1.29, 1.82) is 0 Å². The summed E-state index contributed by atoms with van der Waals surface area (Å²) in [5.41, 5.74) is 0. The van der Waals surface area contributed by atoms with Crippen molar-refractivity contribution >= 4 is 17.9 Å². The predicted molar refractivity (Wildman–Crippen MR) is 284 cm³/mol. The van der Waals surface area contributed by atoms with E-state index in [1.165, 1.54) is 173 Å². The minimum Gasteiger partial charge on any atom is -0.462 e. The Morgan fingerprint density at radius 1 is 0.318 bits per heavy atom. The van der Waals surface area contributed by atoms with E-state index >= 15 is 0 Å². The quantitative estimate of drug-likeness (QED) is 0.0262. The number of allylic oxidation sites excluding steroid dienone is 9. The molecule has 0 aliphatic rings. The van der Waals surface area contributed by atoms with E-state index in [1.54, 1.807) is 6.08 Å². The van der Waals surface area contributed by atoms with Gasteiger partial charge in [0, 0.05) is 12.8 Å². The summed E-state index contributed by atoms with van der Waals surface area (Å²) in [5.74, 6) is -1.03. The van der Waals surface area contributed by atoms with Crippen LogP contribution in [0.25, 0.3) is 0 Å². The zero-order chi connectivity index (χ0) is 47.9. The molecule has 0 saturated heterocycles. The van der Waals surface area contributed by atoms with Crippen molar-refractivity contribution in [2.24, 2.45) is 0 Å². The first kappa shape index (κ1) is 63.1. The zero-order valence-electron chi connectivity index (χ0n) is 43.7. The highest BCUT2D eigenvalue weighted by Gasteiger charge is 2.19. The van der Waals surface area contributed by atoms with Gasteiger partial charge in [0.1, 0.15) is 13.2 Å². The van der Waals surface area contributed by atoms with Gasteiger partial charge in [-0.25, -0.2) is 0 Å². The lowest BCUT2D eigenvalue weighted by Gasteiger charge is -2.18. The van der Waals surface area contributed by atoms with Gasteiger partial charge in [-0.15, -0.1) is 0 Å². The van der Waals surface area contributed by atoms with Crippen molar-refractivity contribution in [3.63, 3.8) is 0 Å². The van der Waals surface area contributed by atoms with E-state index < -0.39 is 12.1 Å². The molecule has 1 unspecified atom stereocenters. The Labute approximate surface area is 409 Å². The third-order valence-electron chi connectivity index (χ3n) is 12.3. The van der Waals surface area contributed by atoms with E-state index in [2.05, 4.69) is 69.4 Å². The lowest BCUT2D eigenvalue weighted by molar-refractivity contribution is -0.166. The first-order chi connectivity index (χ1) is 32.5. The number of carbonyl (C=O) groups is 3. The maximum absolute atomic E-state index is 12.7. The molecule has 0 heterocycles. The first-order valence-electron chi connectivity index (χ1n) is 28.3. The molecule has 0 aliphatic carbocycles. The van der Waals surface area contributed by atoms with Crippen molar-refractivity contribution in [3.8, 4) is 0 Å². The second-order valence-corrected chi connectivity index (χ2v) is 18.9. The lowest BCUT2D eigenvalue weighted by Crippen LogP contribution is -2.30. The fourth-order valence-electron chi connectivity index (χ4n) is 8.11.